The molecule has 0 aromatic carbocycles. The summed E-state index contributed by atoms with van der Waals surface area (Å²) in [5.41, 5.74) is 6.39. The van der Waals surface area contributed by atoms with E-state index in [4.69, 9.17) is 14.2 Å². The lowest BCUT2D eigenvalue weighted by molar-refractivity contribution is 0.103. The molecule has 1 rings (SSSR count). The van der Waals surface area contributed by atoms with Gasteiger partial charge in [0, 0.05) is 30.7 Å². The molecule has 0 saturated carbocycles. The third kappa shape index (κ3) is 8.68. The minimum absolute atomic E-state index is 0.0829. The van der Waals surface area contributed by atoms with Gasteiger partial charge in [-0.25, -0.2) is 0 Å². The van der Waals surface area contributed by atoms with Crippen LogP contribution >= 0.6 is 0 Å². The molecule has 1 aromatic rings. The highest BCUT2D eigenvalue weighted by Crippen LogP contribution is 2.23. The number of nitrogens with one attached hydrogen (secondary N) is 1. The Hall–Kier alpha value is -2.53. The van der Waals surface area contributed by atoms with Crippen molar-refractivity contribution >= 4 is 0 Å². The topological polar surface area (TPSA) is 60.5 Å². The highest BCUT2D eigenvalue weighted by atomic mass is 16.5. The third-order valence-corrected chi connectivity index (χ3v) is 5.87. The molecule has 0 aliphatic rings. The van der Waals surface area contributed by atoms with Gasteiger partial charge < -0.3 is 19.2 Å². The van der Waals surface area contributed by atoms with Gasteiger partial charge in [-0.05, 0) is 52.5 Å². The van der Waals surface area contributed by atoms with E-state index in [2.05, 4.69) is 77.8 Å². The molecule has 0 spiro atoms. The number of aromatic nitrogens is 1. The Morgan fingerprint density at radius 3 is 2.15 bits per heavy atom. The lowest BCUT2D eigenvalue weighted by Gasteiger charge is -2.22. The SMILES string of the molecule is COc1[nH]c(CC=C(C)CC(C)=CC(C)=CC(C)C(OC)C(C)=CC(C)C)c(C)c(=O)c1OC. The first kappa shape index (κ1) is 29.5. The zero-order valence-electron chi connectivity index (χ0n) is 23.1. The minimum Gasteiger partial charge on any atom is -0.488 e. The van der Waals surface area contributed by atoms with Crippen LogP contribution in [0.5, 0.6) is 11.6 Å². The minimum atomic E-state index is -0.141. The van der Waals surface area contributed by atoms with Gasteiger partial charge in [-0.1, -0.05) is 61.8 Å². The summed E-state index contributed by atoms with van der Waals surface area (Å²) in [4.78, 5) is 15.7. The summed E-state index contributed by atoms with van der Waals surface area (Å²) in [6.07, 6.45) is 10.5. The van der Waals surface area contributed by atoms with Crippen LogP contribution in [0.4, 0.5) is 0 Å². The molecule has 190 valence electrons. The summed E-state index contributed by atoms with van der Waals surface area (Å²) in [6, 6.07) is 0. The number of hydrogen-bond donors (Lipinski definition) is 1. The maximum absolute atomic E-state index is 12.5. The molecule has 0 radical (unpaired) electrons. The van der Waals surface area contributed by atoms with Crippen LogP contribution in [0.25, 0.3) is 0 Å². The number of pyridine rings is 1. The van der Waals surface area contributed by atoms with Gasteiger partial charge in [0.25, 0.3) is 0 Å². The smallest absolute Gasteiger partial charge is 0.238 e. The summed E-state index contributed by atoms with van der Waals surface area (Å²) in [6.45, 7) is 17.0. The van der Waals surface area contributed by atoms with Crippen LogP contribution in [0.15, 0.2) is 51.4 Å². The van der Waals surface area contributed by atoms with E-state index in [-0.39, 0.29) is 23.2 Å². The van der Waals surface area contributed by atoms with Gasteiger partial charge in [-0.3, -0.25) is 4.79 Å². The second-order valence-corrected chi connectivity index (χ2v) is 9.63. The number of hydrogen-bond acceptors (Lipinski definition) is 4. The van der Waals surface area contributed by atoms with E-state index in [0.717, 1.165) is 12.1 Å². The van der Waals surface area contributed by atoms with Crippen LogP contribution < -0.4 is 14.9 Å². The van der Waals surface area contributed by atoms with Crippen LogP contribution in [0.3, 0.4) is 0 Å². The molecule has 0 fully saturated rings. The van der Waals surface area contributed by atoms with E-state index in [1.54, 1.807) is 7.11 Å². The summed E-state index contributed by atoms with van der Waals surface area (Å²) in [7, 11) is 4.78. The van der Waals surface area contributed by atoms with Gasteiger partial charge >= 0.3 is 0 Å². The molecule has 1 N–H and O–H groups in total. The second kappa shape index (κ2) is 14.0. The van der Waals surface area contributed by atoms with Crippen molar-refractivity contribution in [1.82, 2.24) is 4.98 Å². The van der Waals surface area contributed by atoms with Gasteiger partial charge in [0.1, 0.15) is 0 Å². The zero-order valence-corrected chi connectivity index (χ0v) is 23.1. The summed E-state index contributed by atoms with van der Waals surface area (Å²) >= 11 is 0. The monoisotopic (exact) mass is 471 g/mol. The van der Waals surface area contributed by atoms with E-state index in [0.29, 0.717) is 23.8 Å². The van der Waals surface area contributed by atoms with Gasteiger partial charge in [0.05, 0.1) is 20.3 Å². The van der Waals surface area contributed by atoms with Crippen molar-refractivity contribution < 1.29 is 14.2 Å². The maximum Gasteiger partial charge on any atom is 0.238 e. The number of allylic oxidation sites excluding steroid dienone is 6. The highest BCUT2D eigenvalue weighted by Gasteiger charge is 2.17. The van der Waals surface area contributed by atoms with Gasteiger partial charge in [-0.15, -0.1) is 0 Å². The fourth-order valence-corrected chi connectivity index (χ4v) is 4.45. The summed E-state index contributed by atoms with van der Waals surface area (Å²) in [5, 5.41) is 0. The standard InChI is InChI=1S/C29H45NO4/c1-18(2)14-22(6)27(32-9)23(7)17-21(5)16-20(4)15-19(3)12-13-25-24(8)26(31)28(33-10)29(30-25)34-11/h12,14,16-18,23,27H,13,15H2,1-11H3,(H,30,31). The predicted octanol–water partition coefficient (Wildman–Crippen LogP) is 6.73. The summed E-state index contributed by atoms with van der Waals surface area (Å²) in [5.74, 6) is 1.36. The Morgan fingerprint density at radius 1 is 0.971 bits per heavy atom. The van der Waals surface area contributed by atoms with Crippen molar-refractivity contribution in [2.45, 2.75) is 74.3 Å². The molecule has 1 heterocycles. The predicted molar refractivity (Wildman–Crippen MR) is 143 cm³/mol. The second-order valence-electron chi connectivity index (χ2n) is 9.63. The van der Waals surface area contributed by atoms with E-state index in [1.165, 1.54) is 36.5 Å². The average Bonchev–Trinajstić information content (AvgIpc) is 2.74. The van der Waals surface area contributed by atoms with Crippen molar-refractivity contribution in [2.24, 2.45) is 11.8 Å². The molecule has 2 unspecified atom stereocenters. The molecular weight excluding hydrogens is 426 g/mol. The molecular formula is C29H45NO4. The normalized spacial score (nSPS) is 15.5. The zero-order chi connectivity index (χ0) is 26.0. The Kier molecular flexibility index (Phi) is 12.2. The fourth-order valence-electron chi connectivity index (χ4n) is 4.45. The lowest BCUT2D eigenvalue weighted by Crippen LogP contribution is -2.21. The molecule has 0 bridgehead atoms. The molecule has 0 saturated heterocycles. The van der Waals surface area contributed by atoms with Crippen molar-refractivity contribution in [3.05, 3.63) is 68.1 Å². The van der Waals surface area contributed by atoms with Crippen LogP contribution in [-0.2, 0) is 11.2 Å². The van der Waals surface area contributed by atoms with Crippen LogP contribution in [0, 0.1) is 18.8 Å². The van der Waals surface area contributed by atoms with Gasteiger partial charge in [-0.2, -0.15) is 0 Å². The van der Waals surface area contributed by atoms with E-state index >= 15 is 0 Å². The first-order valence-corrected chi connectivity index (χ1v) is 12.0. The first-order valence-electron chi connectivity index (χ1n) is 12.0. The fraction of sp³-hybridized carbons (Fsp3) is 0.552. The lowest BCUT2D eigenvalue weighted by atomic mass is 9.93. The first-order chi connectivity index (χ1) is 15.9. The molecule has 2 atom stereocenters. The van der Waals surface area contributed by atoms with Crippen molar-refractivity contribution in [3.63, 3.8) is 0 Å². The van der Waals surface area contributed by atoms with Crippen LogP contribution in [0.2, 0.25) is 0 Å². The maximum atomic E-state index is 12.5. The molecule has 5 nitrogen and oxygen atoms in total. The Balaban J connectivity index is 2.95. The average molecular weight is 472 g/mol. The number of H-pyrrole nitrogens is 1. The number of aromatic amines is 1. The summed E-state index contributed by atoms with van der Waals surface area (Å²) < 4.78 is 16.3. The van der Waals surface area contributed by atoms with E-state index in [9.17, 15) is 4.79 Å². The number of ether oxygens (including phenoxy) is 3. The van der Waals surface area contributed by atoms with Crippen molar-refractivity contribution in [1.29, 1.82) is 0 Å². The molecule has 0 aliphatic carbocycles. The van der Waals surface area contributed by atoms with Gasteiger partial charge in [0.15, 0.2) is 0 Å². The number of methoxy groups -OCH3 is 3. The molecule has 0 aliphatic heterocycles. The van der Waals surface area contributed by atoms with Crippen molar-refractivity contribution in [3.8, 4) is 11.6 Å². The molecule has 0 amide bonds. The van der Waals surface area contributed by atoms with E-state index in [1.807, 2.05) is 6.92 Å². The van der Waals surface area contributed by atoms with Crippen LogP contribution in [0.1, 0.15) is 66.1 Å². The van der Waals surface area contributed by atoms with Crippen molar-refractivity contribution in [2.75, 3.05) is 21.3 Å². The van der Waals surface area contributed by atoms with Gasteiger partial charge in [0.2, 0.25) is 17.1 Å². The van der Waals surface area contributed by atoms with E-state index < -0.39 is 0 Å². The molecule has 1 aromatic heterocycles. The highest BCUT2D eigenvalue weighted by molar-refractivity contribution is 5.40. The number of rotatable bonds is 12. The van der Waals surface area contributed by atoms with Crippen LogP contribution in [-0.4, -0.2) is 32.4 Å². The Morgan fingerprint density at radius 2 is 1.62 bits per heavy atom. The quantitative estimate of drug-likeness (QED) is 0.271. The third-order valence-electron chi connectivity index (χ3n) is 5.87. The Labute approximate surface area is 206 Å². The Bertz CT molecular complexity index is 992. The molecule has 34 heavy (non-hydrogen) atoms. The largest absolute Gasteiger partial charge is 0.488 e. The molecule has 5 heteroatoms.